The molecule has 0 unspecified atom stereocenters. The third-order valence-electron chi connectivity index (χ3n) is 11.6. The van der Waals surface area contributed by atoms with E-state index in [2.05, 4.69) is 20.8 Å². The normalized spacial score (nSPS) is 11.4. The van der Waals surface area contributed by atoms with Crippen LogP contribution in [0.4, 0.5) is 0 Å². The van der Waals surface area contributed by atoms with Crippen molar-refractivity contribution in [3.63, 3.8) is 0 Å². The molecule has 0 heterocycles. The molecule has 0 rings (SSSR count). The molecule has 0 bridgehead atoms. The first-order valence-corrected chi connectivity index (χ1v) is 25.5. The van der Waals surface area contributed by atoms with Gasteiger partial charge in [-0.1, -0.05) is 252 Å². The van der Waals surface area contributed by atoms with Gasteiger partial charge in [0.1, 0.15) is 13.2 Å². The third kappa shape index (κ3) is 45.3. The quantitative estimate of drug-likeness (QED) is 0.0264. The lowest BCUT2D eigenvalue weighted by atomic mass is 10.0. The molecule has 0 aromatic rings. The Bertz CT molecular complexity index is 798. The number of unbranched alkanes of at least 4 members (excludes halogenated alkanes) is 36. The standard InChI is InChI=1S/C51H98O6/c1-4-7-10-13-16-19-22-25-28-31-34-37-40-43-49(52)55-46-48(57-51(54)45-42-39-36-33-30-27-24-21-18-15-12-9-6-3)47-56-50(53)44-41-38-35-32-29-26-23-20-17-14-11-8-5-2/h48H,4-47H2,1-3H3/i49+1,50+1. The highest BCUT2D eigenvalue weighted by molar-refractivity contribution is 5.71. The number of rotatable bonds is 47. The Balaban J connectivity index is 4.31. The van der Waals surface area contributed by atoms with Crippen LogP contribution >= 0.6 is 0 Å². The zero-order valence-corrected chi connectivity index (χ0v) is 38.6. The Morgan fingerprint density at radius 1 is 0.281 bits per heavy atom. The Labute approximate surface area is 355 Å². The van der Waals surface area contributed by atoms with Crippen LogP contribution in [0.25, 0.3) is 0 Å². The molecule has 0 aliphatic rings. The maximum absolute atomic E-state index is 12.8. The summed E-state index contributed by atoms with van der Waals surface area (Å²) in [4.78, 5) is 37.9. The minimum Gasteiger partial charge on any atom is -0.462 e. The average molecular weight is 809 g/mol. The monoisotopic (exact) mass is 809 g/mol. The van der Waals surface area contributed by atoms with Gasteiger partial charge in [0.25, 0.3) is 0 Å². The molecule has 0 amide bonds. The zero-order valence-electron chi connectivity index (χ0n) is 38.6. The number of ether oxygens (including phenoxy) is 3. The minimum absolute atomic E-state index is 0.0619. The van der Waals surface area contributed by atoms with Gasteiger partial charge < -0.3 is 14.2 Å². The van der Waals surface area contributed by atoms with Crippen molar-refractivity contribution in [2.24, 2.45) is 0 Å². The molecule has 0 aromatic carbocycles. The third-order valence-corrected chi connectivity index (χ3v) is 11.6. The molecular formula is C51H98O6. The molecule has 0 aromatic heterocycles. The van der Waals surface area contributed by atoms with E-state index >= 15 is 0 Å². The van der Waals surface area contributed by atoms with Gasteiger partial charge in [-0.3, -0.25) is 14.4 Å². The fraction of sp³-hybridized carbons (Fsp3) is 0.941. The van der Waals surface area contributed by atoms with E-state index in [1.807, 2.05) is 0 Å². The summed E-state index contributed by atoms with van der Waals surface area (Å²) >= 11 is 0. The molecule has 0 fully saturated rings. The molecule has 6 heteroatoms. The molecule has 0 aliphatic heterocycles. The van der Waals surface area contributed by atoms with Gasteiger partial charge in [0.2, 0.25) is 0 Å². The van der Waals surface area contributed by atoms with Crippen LogP contribution in [0.5, 0.6) is 0 Å². The highest BCUT2D eigenvalue weighted by atomic mass is 16.7. The molecular weight excluding hydrogens is 711 g/mol. The van der Waals surface area contributed by atoms with Gasteiger partial charge in [-0.15, -0.1) is 0 Å². The van der Waals surface area contributed by atoms with E-state index in [4.69, 9.17) is 14.2 Å². The second-order valence-corrected chi connectivity index (χ2v) is 17.5. The fourth-order valence-corrected chi connectivity index (χ4v) is 7.74. The number of hydrogen-bond donors (Lipinski definition) is 0. The summed E-state index contributed by atoms with van der Waals surface area (Å²) in [5.41, 5.74) is 0. The first kappa shape index (κ1) is 55.4. The van der Waals surface area contributed by atoms with Gasteiger partial charge in [-0.05, 0) is 19.3 Å². The van der Waals surface area contributed by atoms with E-state index < -0.39 is 6.10 Å². The second-order valence-electron chi connectivity index (χ2n) is 17.5. The summed E-state index contributed by atoms with van der Waals surface area (Å²) in [5.74, 6) is -0.842. The molecule has 0 radical (unpaired) electrons. The zero-order chi connectivity index (χ0) is 41.5. The van der Waals surface area contributed by atoms with Gasteiger partial charge in [-0.2, -0.15) is 0 Å². The van der Waals surface area contributed by atoms with Crippen molar-refractivity contribution in [2.45, 2.75) is 297 Å². The van der Waals surface area contributed by atoms with Crippen molar-refractivity contribution in [1.82, 2.24) is 0 Å². The highest BCUT2D eigenvalue weighted by Crippen LogP contribution is 2.16. The molecule has 0 N–H and O–H groups in total. The van der Waals surface area contributed by atoms with Crippen LogP contribution in [0, 0.1) is 0 Å². The van der Waals surface area contributed by atoms with Crippen molar-refractivity contribution in [2.75, 3.05) is 13.2 Å². The smallest absolute Gasteiger partial charge is 0.306 e. The van der Waals surface area contributed by atoms with Crippen molar-refractivity contribution >= 4 is 17.9 Å². The first-order valence-electron chi connectivity index (χ1n) is 25.5. The predicted molar refractivity (Wildman–Crippen MR) is 243 cm³/mol. The molecule has 6 nitrogen and oxygen atoms in total. The lowest BCUT2D eigenvalue weighted by Crippen LogP contribution is -2.30. The van der Waals surface area contributed by atoms with Gasteiger partial charge in [-0.25, -0.2) is 0 Å². The molecule has 338 valence electrons. The summed E-state index contributed by atoms with van der Waals surface area (Å²) in [6.45, 7) is 6.67. The lowest BCUT2D eigenvalue weighted by molar-refractivity contribution is -0.167. The molecule has 0 saturated carbocycles. The van der Waals surface area contributed by atoms with Crippen molar-refractivity contribution in [3.05, 3.63) is 0 Å². The van der Waals surface area contributed by atoms with E-state index in [1.165, 1.54) is 193 Å². The van der Waals surface area contributed by atoms with Gasteiger partial charge in [0.15, 0.2) is 6.10 Å². The topological polar surface area (TPSA) is 78.9 Å². The predicted octanol–water partition coefficient (Wildman–Crippen LogP) is 16.4. The van der Waals surface area contributed by atoms with Crippen molar-refractivity contribution in [1.29, 1.82) is 0 Å². The molecule has 0 spiro atoms. The van der Waals surface area contributed by atoms with Crippen LogP contribution in [0.2, 0.25) is 0 Å². The summed E-state index contributed by atoms with van der Waals surface area (Å²) in [6.07, 6.45) is 49.3. The van der Waals surface area contributed by atoms with E-state index in [9.17, 15) is 14.4 Å². The number of esters is 3. The maximum atomic E-state index is 12.8. The minimum atomic E-state index is -0.759. The number of carbonyl (C=O) groups excluding carboxylic acids is 3. The molecule has 0 atom stereocenters. The van der Waals surface area contributed by atoms with Crippen LogP contribution in [-0.4, -0.2) is 37.2 Å². The first-order chi connectivity index (χ1) is 28.0. The summed E-state index contributed by atoms with van der Waals surface area (Å²) in [6, 6.07) is 0. The van der Waals surface area contributed by atoms with E-state index in [0.717, 1.165) is 57.8 Å². The van der Waals surface area contributed by atoms with Gasteiger partial charge >= 0.3 is 17.9 Å². The van der Waals surface area contributed by atoms with E-state index in [1.54, 1.807) is 0 Å². The van der Waals surface area contributed by atoms with E-state index in [0.29, 0.717) is 19.3 Å². The van der Waals surface area contributed by atoms with Crippen LogP contribution in [0.1, 0.15) is 290 Å². The summed E-state index contributed by atoms with van der Waals surface area (Å²) in [7, 11) is 0. The maximum Gasteiger partial charge on any atom is 0.306 e. The van der Waals surface area contributed by atoms with E-state index in [-0.39, 0.29) is 31.1 Å². The molecule has 0 saturated heterocycles. The van der Waals surface area contributed by atoms with Crippen LogP contribution in [-0.2, 0) is 28.6 Å². The Kier molecular flexibility index (Phi) is 45.8. The molecule has 0 aliphatic carbocycles. The van der Waals surface area contributed by atoms with Gasteiger partial charge in [0.05, 0.1) is 0 Å². The summed E-state index contributed by atoms with van der Waals surface area (Å²) < 4.78 is 16.8. The highest BCUT2D eigenvalue weighted by Gasteiger charge is 2.19. The summed E-state index contributed by atoms with van der Waals surface area (Å²) in [5, 5.41) is 0. The fourth-order valence-electron chi connectivity index (χ4n) is 7.74. The van der Waals surface area contributed by atoms with Crippen molar-refractivity contribution in [3.8, 4) is 0 Å². The SMILES string of the molecule is CCCCCCCCCCCCCCCC(=O)OC(CO[13C](=O)CCCCCCCCCCCCCCC)CO[13C](=O)CCCCCCCCCCCCCCC. The second kappa shape index (κ2) is 47.1. The Morgan fingerprint density at radius 2 is 0.474 bits per heavy atom. The average Bonchev–Trinajstić information content (AvgIpc) is 3.21. The lowest BCUT2D eigenvalue weighted by Gasteiger charge is -2.18. The molecule has 57 heavy (non-hydrogen) atoms. The van der Waals surface area contributed by atoms with Crippen LogP contribution < -0.4 is 0 Å². The van der Waals surface area contributed by atoms with Crippen LogP contribution in [0.3, 0.4) is 0 Å². The number of hydrogen-bond acceptors (Lipinski definition) is 6. The number of carbonyl (C=O) groups is 3. The largest absolute Gasteiger partial charge is 0.462 e. The van der Waals surface area contributed by atoms with Gasteiger partial charge in [0, 0.05) is 19.3 Å². The Hall–Kier alpha value is -1.59. The van der Waals surface area contributed by atoms with Crippen LogP contribution in [0.15, 0.2) is 0 Å². The Morgan fingerprint density at radius 3 is 0.702 bits per heavy atom. The van der Waals surface area contributed by atoms with Crippen molar-refractivity contribution < 1.29 is 28.6 Å².